The number of carbonyl (C=O) groups is 2. The van der Waals surface area contributed by atoms with Crippen molar-refractivity contribution in [1.29, 1.82) is 5.26 Å². The summed E-state index contributed by atoms with van der Waals surface area (Å²) < 4.78 is 6.19. The topological polar surface area (TPSA) is 91.5 Å². The number of aliphatic imine (C=N–C) groups is 1. The zero-order valence-corrected chi connectivity index (χ0v) is 16.2. The van der Waals surface area contributed by atoms with Gasteiger partial charge in [-0.2, -0.15) is 10.3 Å². The number of amidine groups is 1. The Labute approximate surface area is 168 Å². The number of amides is 2. The van der Waals surface area contributed by atoms with Gasteiger partial charge in [0, 0.05) is 15.6 Å². The summed E-state index contributed by atoms with van der Waals surface area (Å²) in [5.41, 5.74) is 1.07. The summed E-state index contributed by atoms with van der Waals surface area (Å²) >= 11 is 4.44. The molecule has 1 heterocycles. The molecule has 0 aromatic heterocycles. The van der Waals surface area contributed by atoms with E-state index in [9.17, 15) is 9.59 Å². The lowest BCUT2D eigenvalue weighted by Crippen LogP contribution is -2.20. The largest absolute Gasteiger partial charge is 0.478 e. The third-order valence-electron chi connectivity index (χ3n) is 3.43. The number of nitriles is 1. The lowest BCUT2D eigenvalue weighted by Gasteiger charge is -2.07. The van der Waals surface area contributed by atoms with Crippen LogP contribution in [0.15, 0.2) is 62.9 Å². The number of hydrogen-bond donors (Lipinski definition) is 1. The highest BCUT2D eigenvalue weighted by Crippen LogP contribution is 2.31. The first-order chi connectivity index (χ1) is 13.1. The molecule has 27 heavy (non-hydrogen) atoms. The minimum Gasteiger partial charge on any atom is -0.478 e. The molecule has 0 radical (unpaired) electrons. The van der Waals surface area contributed by atoms with Crippen molar-refractivity contribution < 1.29 is 14.3 Å². The van der Waals surface area contributed by atoms with E-state index in [0.717, 1.165) is 16.2 Å². The standard InChI is InChI=1S/C19H12BrN3O3S/c20-14-6-7-15(26-9-8-21)13(10-14)11-16-18(25)23-19(27-16)22-17(24)12-4-2-1-3-5-12/h1-7,10-11H,9H2,(H,22,23,24,25)/b16-11-. The number of thioether (sulfide) groups is 1. The number of hydrogen-bond acceptors (Lipinski definition) is 5. The van der Waals surface area contributed by atoms with Crippen molar-refractivity contribution in [2.75, 3.05) is 6.61 Å². The molecule has 0 atom stereocenters. The van der Waals surface area contributed by atoms with Gasteiger partial charge in [0.1, 0.15) is 11.8 Å². The fraction of sp³-hybridized carbons (Fsp3) is 0.0526. The number of carbonyl (C=O) groups excluding carboxylic acids is 2. The number of ether oxygens (including phenoxy) is 1. The molecule has 134 valence electrons. The minimum atomic E-state index is -0.430. The van der Waals surface area contributed by atoms with E-state index in [2.05, 4.69) is 26.2 Å². The molecule has 1 aliphatic heterocycles. The number of rotatable bonds is 4. The molecule has 1 N–H and O–H groups in total. The van der Waals surface area contributed by atoms with E-state index in [1.165, 1.54) is 0 Å². The van der Waals surface area contributed by atoms with Gasteiger partial charge in [-0.25, -0.2) is 0 Å². The number of nitrogens with zero attached hydrogens (tertiary/aromatic N) is 2. The highest BCUT2D eigenvalue weighted by Gasteiger charge is 2.25. The van der Waals surface area contributed by atoms with Crippen LogP contribution in [0.3, 0.4) is 0 Å². The van der Waals surface area contributed by atoms with Crippen LogP contribution in [-0.2, 0) is 4.79 Å². The molecule has 0 bridgehead atoms. The smallest absolute Gasteiger partial charge is 0.279 e. The van der Waals surface area contributed by atoms with Crippen LogP contribution < -0.4 is 10.1 Å². The van der Waals surface area contributed by atoms with Crippen molar-refractivity contribution in [3.63, 3.8) is 0 Å². The molecule has 3 rings (SSSR count). The second-order valence-electron chi connectivity index (χ2n) is 5.28. The van der Waals surface area contributed by atoms with Crippen LogP contribution in [0.4, 0.5) is 0 Å². The molecular formula is C19H12BrN3O3S. The Bertz CT molecular complexity index is 997. The third-order valence-corrected chi connectivity index (χ3v) is 4.83. The zero-order chi connectivity index (χ0) is 19.2. The summed E-state index contributed by atoms with van der Waals surface area (Å²) in [5, 5.41) is 11.5. The molecule has 2 amide bonds. The van der Waals surface area contributed by atoms with E-state index >= 15 is 0 Å². The summed E-state index contributed by atoms with van der Waals surface area (Å²) in [6.07, 6.45) is 1.63. The van der Waals surface area contributed by atoms with Gasteiger partial charge in [0.05, 0.1) is 4.91 Å². The van der Waals surface area contributed by atoms with Gasteiger partial charge in [0.15, 0.2) is 11.8 Å². The van der Waals surface area contributed by atoms with Crippen molar-refractivity contribution >= 4 is 50.7 Å². The van der Waals surface area contributed by atoms with Gasteiger partial charge in [0.2, 0.25) is 0 Å². The van der Waals surface area contributed by atoms with Crippen molar-refractivity contribution in [3.8, 4) is 11.8 Å². The predicted octanol–water partition coefficient (Wildman–Crippen LogP) is 3.75. The van der Waals surface area contributed by atoms with Crippen molar-refractivity contribution in [2.45, 2.75) is 0 Å². The van der Waals surface area contributed by atoms with E-state index in [0.29, 0.717) is 21.8 Å². The van der Waals surface area contributed by atoms with Crippen molar-refractivity contribution in [3.05, 3.63) is 69.0 Å². The van der Waals surface area contributed by atoms with Crippen molar-refractivity contribution in [1.82, 2.24) is 5.32 Å². The maximum absolute atomic E-state index is 12.2. The lowest BCUT2D eigenvalue weighted by atomic mass is 10.2. The van der Waals surface area contributed by atoms with E-state index in [4.69, 9.17) is 10.00 Å². The maximum atomic E-state index is 12.2. The molecule has 2 aromatic carbocycles. The molecule has 1 fully saturated rings. The van der Waals surface area contributed by atoms with Crippen LogP contribution in [0.1, 0.15) is 15.9 Å². The highest BCUT2D eigenvalue weighted by atomic mass is 79.9. The molecule has 0 saturated carbocycles. The van der Waals surface area contributed by atoms with Crippen LogP contribution in [0.5, 0.6) is 5.75 Å². The van der Waals surface area contributed by atoms with Gasteiger partial charge in [-0.3, -0.25) is 9.59 Å². The number of halogens is 1. The van der Waals surface area contributed by atoms with Crippen LogP contribution in [0, 0.1) is 11.3 Å². The molecule has 0 aliphatic carbocycles. The van der Waals surface area contributed by atoms with Crippen LogP contribution >= 0.6 is 27.7 Å². The van der Waals surface area contributed by atoms with Gasteiger partial charge in [-0.1, -0.05) is 34.1 Å². The first-order valence-corrected chi connectivity index (χ1v) is 9.36. The predicted molar refractivity (Wildman–Crippen MR) is 107 cm³/mol. The molecule has 0 unspecified atom stereocenters. The molecule has 6 nitrogen and oxygen atoms in total. The lowest BCUT2D eigenvalue weighted by molar-refractivity contribution is -0.115. The second-order valence-corrected chi connectivity index (χ2v) is 7.23. The molecular weight excluding hydrogens is 430 g/mol. The fourth-order valence-corrected chi connectivity index (χ4v) is 3.42. The summed E-state index contributed by atoms with van der Waals surface area (Å²) in [4.78, 5) is 28.7. The van der Waals surface area contributed by atoms with Crippen molar-refractivity contribution in [2.24, 2.45) is 4.99 Å². The number of nitrogens with one attached hydrogen (secondary N) is 1. The van der Waals surface area contributed by atoms with E-state index in [1.807, 2.05) is 6.07 Å². The van der Waals surface area contributed by atoms with E-state index in [-0.39, 0.29) is 17.7 Å². The van der Waals surface area contributed by atoms with Gasteiger partial charge in [-0.05, 0) is 48.2 Å². The summed E-state index contributed by atoms with van der Waals surface area (Å²) in [7, 11) is 0. The molecule has 1 saturated heterocycles. The fourth-order valence-electron chi connectivity index (χ4n) is 2.23. The summed E-state index contributed by atoms with van der Waals surface area (Å²) in [6, 6.07) is 15.8. The first kappa shape index (κ1) is 18.9. The molecule has 2 aromatic rings. The second kappa shape index (κ2) is 8.66. The monoisotopic (exact) mass is 441 g/mol. The Morgan fingerprint density at radius 3 is 2.81 bits per heavy atom. The Morgan fingerprint density at radius 2 is 2.07 bits per heavy atom. The van der Waals surface area contributed by atoms with Crippen LogP contribution in [0.25, 0.3) is 6.08 Å². The summed E-state index contributed by atoms with van der Waals surface area (Å²) in [5.74, 6) is -0.308. The average Bonchev–Trinajstić information content (AvgIpc) is 3.00. The van der Waals surface area contributed by atoms with Gasteiger partial charge < -0.3 is 10.1 Å². The van der Waals surface area contributed by atoms with Gasteiger partial charge in [0.25, 0.3) is 11.8 Å². The average molecular weight is 442 g/mol. The SMILES string of the molecule is N#CCOc1ccc(Br)cc1/C=C1\SC(=NC(=O)c2ccccc2)NC1=O. The van der Waals surface area contributed by atoms with Crippen LogP contribution in [-0.4, -0.2) is 23.6 Å². The van der Waals surface area contributed by atoms with E-state index < -0.39 is 5.91 Å². The Kier molecular flexibility index (Phi) is 6.06. The van der Waals surface area contributed by atoms with Crippen LogP contribution in [0.2, 0.25) is 0 Å². The summed E-state index contributed by atoms with van der Waals surface area (Å²) in [6.45, 7) is -0.102. The Hall–Kier alpha value is -2.89. The minimum absolute atomic E-state index is 0.102. The Morgan fingerprint density at radius 1 is 1.30 bits per heavy atom. The zero-order valence-electron chi connectivity index (χ0n) is 13.8. The molecule has 1 aliphatic rings. The first-order valence-electron chi connectivity index (χ1n) is 7.75. The normalized spacial score (nSPS) is 16.2. The quantitative estimate of drug-likeness (QED) is 0.729. The molecule has 8 heteroatoms. The maximum Gasteiger partial charge on any atom is 0.279 e. The Balaban J connectivity index is 1.84. The van der Waals surface area contributed by atoms with Gasteiger partial charge in [-0.15, -0.1) is 0 Å². The van der Waals surface area contributed by atoms with Gasteiger partial charge >= 0.3 is 0 Å². The third kappa shape index (κ3) is 4.84. The molecule has 0 spiro atoms. The highest BCUT2D eigenvalue weighted by molar-refractivity contribution is 9.10. The van der Waals surface area contributed by atoms with E-state index in [1.54, 1.807) is 54.6 Å². The number of benzene rings is 2.